The molecule has 264 valence electrons. The number of ether oxygens (including phenoxy) is 2. The Labute approximate surface area is 323 Å². The van der Waals surface area contributed by atoms with Crippen molar-refractivity contribution in [1.82, 2.24) is 0 Å². The van der Waals surface area contributed by atoms with Crippen molar-refractivity contribution in [3.8, 4) is 68.5 Å². The van der Waals surface area contributed by atoms with Gasteiger partial charge in [0.1, 0.15) is 14.7 Å². The lowest BCUT2D eigenvalue weighted by Gasteiger charge is -2.28. The predicted octanol–water partition coefficient (Wildman–Crippen LogP) is 8.87. The minimum atomic E-state index is -2.27. The van der Waals surface area contributed by atoms with Crippen LogP contribution >= 0.6 is 0 Å². The summed E-state index contributed by atoms with van der Waals surface area (Å²) in [5, 5.41) is 4.07. The van der Waals surface area contributed by atoms with Crippen LogP contribution in [-0.2, 0) is 16.1 Å². The first-order valence-corrected chi connectivity index (χ1v) is 24.4. The van der Waals surface area contributed by atoms with E-state index in [-0.39, 0.29) is 0 Å². The Bertz CT molecular complexity index is 2530. The smallest absolute Gasteiger partial charge is 0.164 e. The zero-order valence-corrected chi connectivity index (χ0v) is 33.9. The second kappa shape index (κ2) is 15.8. The molecule has 0 unspecified atom stereocenters. The number of fused-ring (bicyclic) bond motifs is 3. The molecule has 1 aliphatic rings. The molecule has 0 spiro atoms. The molecule has 0 bridgehead atoms. The van der Waals surface area contributed by atoms with E-state index in [2.05, 4.69) is 177 Å². The van der Waals surface area contributed by atoms with Crippen molar-refractivity contribution in [3.63, 3.8) is 0 Å². The molecule has 0 aromatic heterocycles. The van der Waals surface area contributed by atoms with E-state index in [0.29, 0.717) is 13.2 Å². The van der Waals surface area contributed by atoms with Gasteiger partial charge in [0, 0.05) is 42.0 Å². The monoisotopic (exact) mass is 732 g/mol. The summed E-state index contributed by atoms with van der Waals surface area (Å²) >= 11 is 0. The van der Waals surface area contributed by atoms with Crippen molar-refractivity contribution < 1.29 is 9.47 Å². The van der Waals surface area contributed by atoms with Gasteiger partial charge in [0.05, 0.1) is 6.61 Å². The van der Waals surface area contributed by atoms with Gasteiger partial charge in [-0.3, -0.25) is 0 Å². The van der Waals surface area contributed by atoms with E-state index in [1.54, 1.807) is 14.2 Å². The Morgan fingerprint density at radius 3 is 1.93 bits per heavy atom. The van der Waals surface area contributed by atoms with Crippen molar-refractivity contribution in [1.29, 1.82) is 0 Å². The van der Waals surface area contributed by atoms with Crippen LogP contribution in [0.3, 0.4) is 0 Å². The maximum Gasteiger partial charge on any atom is 0.164 e. The minimum Gasteiger partial charge on any atom is -0.380 e. The fourth-order valence-electron chi connectivity index (χ4n) is 7.79. The number of benzene rings is 6. The van der Waals surface area contributed by atoms with E-state index in [4.69, 9.17) is 9.47 Å². The topological polar surface area (TPSA) is 18.5 Å². The van der Waals surface area contributed by atoms with Crippen molar-refractivity contribution >= 4 is 31.7 Å². The average Bonchev–Trinajstić information content (AvgIpc) is 3.43. The Kier molecular flexibility index (Phi) is 10.7. The highest BCUT2D eigenvalue weighted by molar-refractivity contribution is 7.04. The van der Waals surface area contributed by atoms with Crippen LogP contribution in [0.2, 0.25) is 26.2 Å². The first-order valence-electron chi connectivity index (χ1n) is 18.4. The van der Waals surface area contributed by atoms with Crippen LogP contribution in [-0.4, -0.2) is 37.0 Å². The third-order valence-electron chi connectivity index (χ3n) is 10.3. The summed E-state index contributed by atoms with van der Waals surface area (Å²) in [6.45, 7) is 10.4. The zero-order valence-electron chi connectivity index (χ0n) is 31.9. The van der Waals surface area contributed by atoms with E-state index in [1.807, 2.05) is 18.2 Å². The summed E-state index contributed by atoms with van der Waals surface area (Å²) in [6.07, 6.45) is 0. The maximum atomic E-state index is 6.14. The van der Waals surface area contributed by atoms with Crippen molar-refractivity contribution in [2.45, 2.75) is 32.8 Å². The second-order valence-electron chi connectivity index (χ2n) is 14.6. The van der Waals surface area contributed by atoms with Crippen LogP contribution in [0.1, 0.15) is 27.8 Å². The molecule has 0 saturated heterocycles. The summed E-state index contributed by atoms with van der Waals surface area (Å²) in [7, 11) is -1.03. The largest absolute Gasteiger partial charge is 0.380 e. The molecule has 6 aromatic rings. The maximum absolute atomic E-state index is 6.14. The predicted molar refractivity (Wildman–Crippen MR) is 232 cm³/mol. The van der Waals surface area contributed by atoms with E-state index >= 15 is 0 Å². The van der Waals surface area contributed by atoms with Crippen LogP contribution in [0, 0.1) is 35.1 Å². The lowest BCUT2D eigenvalue weighted by atomic mass is 9.82. The number of rotatable bonds is 6. The third-order valence-corrected chi connectivity index (χ3v) is 16.4. The number of methoxy groups -OCH3 is 2. The molecule has 0 amide bonds. The molecule has 0 fully saturated rings. The Hall–Kier alpha value is -5.65. The molecule has 2 nitrogen and oxygen atoms in total. The van der Waals surface area contributed by atoms with Gasteiger partial charge in [-0.2, -0.15) is 0 Å². The van der Waals surface area contributed by atoms with Crippen LogP contribution < -0.4 is 15.6 Å². The van der Waals surface area contributed by atoms with E-state index in [9.17, 15) is 0 Å². The van der Waals surface area contributed by atoms with Crippen molar-refractivity contribution in [2.24, 2.45) is 0 Å². The molecule has 6 aromatic carbocycles. The third kappa shape index (κ3) is 7.04. The molecule has 54 heavy (non-hydrogen) atoms. The molecule has 0 N–H and O–H groups in total. The summed E-state index contributed by atoms with van der Waals surface area (Å²) in [4.78, 5) is 0. The van der Waals surface area contributed by atoms with Gasteiger partial charge in [0.2, 0.25) is 0 Å². The Morgan fingerprint density at radius 1 is 0.574 bits per heavy atom. The van der Waals surface area contributed by atoms with E-state index in [1.165, 1.54) is 37.8 Å². The minimum absolute atomic E-state index is 0.357. The molecule has 0 atom stereocenters. The normalized spacial score (nSPS) is 12.3. The van der Waals surface area contributed by atoms with Crippen molar-refractivity contribution in [3.05, 3.63) is 161 Å². The lowest BCUT2D eigenvalue weighted by Crippen LogP contribution is -2.50. The zero-order chi connectivity index (χ0) is 37.7. The molecule has 0 aliphatic carbocycles. The molecule has 1 aliphatic heterocycles. The van der Waals surface area contributed by atoms with Gasteiger partial charge in [0.15, 0.2) is 8.07 Å². The molecule has 4 heteroatoms. The summed E-state index contributed by atoms with van der Waals surface area (Å²) in [6, 6.07) is 47.1. The molecule has 0 saturated carbocycles. The van der Waals surface area contributed by atoms with Gasteiger partial charge in [0.25, 0.3) is 0 Å². The van der Waals surface area contributed by atoms with Gasteiger partial charge in [-0.1, -0.05) is 165 Å². The van der Waals surface area contributed by atoms with Gasteiger partial charge in [-0.05, 0) is 73.2 Å². The van der Waals surface area contributed by atoms with Crippen LogP contribution in [0.4, 0.5) is 0 Å². The molecule has 7 rings (SSSR count). The fraction of sp³-hybridized carbons (Fsp3) is 0.160. The molecular weight excluding hydrogens is 689 g/mol. The number of hydrogen-bond acceptors (Lipinski definition) is 2. The standard InChI is InChI=1S/C50H44O2Si2/c1-51-34-19-26-38-22-13-15-27-41(38)48-44(36-52-2)42(32-31-39-23-14-17-29-45(39)53(3,4)35-33-37-20-9-7-10-21-37)49-43-28-16-18-30-46(43)54(5,6)50(49)47(48)40-24-11-8-12-25-40/h7-18,20-25,27-30H,34,36H2,1-6H3. The highest BCUT2D eigenvalue weighted by Gasteiger charge is 2.43. The first kappa shape index (κ1) is 36.7. The van der Waals surface area contributed by atoms with Crippen LogP contribution in [0.15, 0.2) is 133 Å². The SMILES string of the molecule is COCC#Cc1ccccc1-c1c(COC)c(C#Cc2ccccc2[Si](C)(C)C#Cc2ccccc2)c2c(c1-c1ccccc1)[Si](C)(C)c1ccccc1-2. The van der Waals surface area contributed by atoms with Crippen molar-refractivity contribution in [2.75, 3.05) is 20.8 Å². The quantitative estimate of drug-likeness (QED) is 0.126. The molecular formula is C50H44O2Si2. The lowest BCUT2D eigenvalue weighted by molar-refractivity contribution is 0.185. The van der Waals surface area contributed by atoms with Crippen LogP contribution in [0.5, 0.6) is 0 Å². The van der Waals surface area contributed by atoms with E-state index < -0.39 is 16.1 Å². The average molecular weight is 733 g/mol. The molecule has 1 heterocycles. The van der Waals surface area contributed by atoms with Gasteiger partial charge >= 0.3 is 0 Å². The number of hydrogen-bond donors (Lipinski definition) is 0. The highest BCUT2D eigenvalue weighted by atomic mass is 28.3. The van der Waals surface area contributed by atoms with Crippen LogP contribution in [0.25, 0.3) is 33.4 Å². The fourth-order valence-corrected chi connectivity index (χ4v) is 13.2. The first-order chi connectivity index (χ1) is 26.3. The highest BCUT2D eigenvalue weighted by Crippen LogP contribution is 2.45. The van der Waals surface area contributed by atoms with Gasteiger partial charge in [-0.15, -0.1) is 5.54 Å². The van der Waals surface area contributed by atoms with E-state index in [0.717, 1.165) is 38.9 Å². The summed E-state index contributed by atoms with van der Waals surface area (Å²) in [5.41, 5.74) is 16.0. The van der Waals surface area contributed by atoms with Gasteiger partial charge in [-0.25, -0.2) is 0 Å². The Morgan fingerprint density at radius 2 is 1.20 bits per heavy atom. The summed E-state index contributed by atoms with van der Waals surface area (Å²) < 4.78 is 11.5. The molecule has 0 radical (unpaired) electrons. The van der Waals surface area contributed by atoms with Gasteiger partial charge < -0.3 is 9.47 Å². The second-order valence-corrected chi connectivity index (χ2v) is 23.0. The Balaban J connectivity index is 1.58. The summed E-state index contributed by atoms with van der Waals surface area (Å²) in [5.74, 6) is 17.7.